The molecule has 11 heteroatoms. The number of carbonyl (C=O) groups excluding carboxylic acids is 1. The molecule has 1 N–H and O–H groups in total. The van der Waals surface area contributed by atoms with Crippen LogP contribution in [0.4, 0.5) is 18.9 Å². The highest BCUT2D eigenvalue weighted by molar-refractivity contribution is 7.92. The Kier molecular flexibility index (Phi) is 7.82. The summed E-state index contributed by atoms with van der Waals surface area (Å²) in [6.45, 7) is 3.14. The maximum absolute atomic E-state index is 13.0. The highest BCUT2D eigenvalue weighted by atomic mass is 35.5. The summed E-state index contributed by atoms with van der Waals surface area (Å²) in [6.07, 6.45) is -3.91. The second kappa shape index (κ2) is 9.78. The van der Waals surface area contributed by atoms with Gasteiger partial charge in [0.2, 0.25) is 15.9 Å². The first-order valence-corrected chi connectivity index (χ1v) is 11.4. The van der Waals surface area contributed by atoms with Crippen LogP contribution in [0.2, 0.25) is 5.02 Å². The minimum absolute atomic E-state index is 0.00945. The number of nitrogens with one attached hydrogen (secondary N) is 1. The molecule has 6 nitrogen and oxygen atoms in total. The molecular weight excluding hydrogens is 457 g/mol. The number of rotatable bonds is 8. The van der Waals surface area contributed by atoms with Crippen LogP contribution in [0.1, 0.15) is 25.0 Å². The van der Waals surface area contributed by atoms with Crippen molar-refractivity contribution in [1.29, 1.82) is 0 Å². The topological polar surface area (TPSA) is 75.7 Å². The number of amides is 1. The Hall–Kier alpha value is -2.46. The van der Waals surface area contributed by atoms with Gasteiger partial charge in [0.25, 0.3) is 0 Å². The van der Waals surface area contributed by atoms with E-state index >= 15 is 0 Å². The molecule has 0 saturated carbocycles. The molecule has 0 heterocycles. The van der Waals surface area contributed by atoms with Gasteiger partial charge >= 0.3 is 6.18 Å². The van der Waals surface area contributed by atoms with E-state index < -0.39 is 39.9 Å². The number of ether oxygens (including phenoxy) is 1. The van der Waals surface area contributed by atoms with Gasteiger partial charge < -0.3 is 10.1 Å². The van der Waals surface area contributed by atoms with Crippen molar-refractivity contribution in [2.24, 2.45) is 0 Å². The molecule has 0 aliphatic heterocycles. The number of carbonyl (C=O) groups is 1. The highest BCUT2D eigenvalue weighted by Gasteiger charge is 2.33. The SMILES string of the molecule is CC(C)Oc1ccc(CNC(=O)CN(c2cc(C(F)(F)F)ccc2Cl)S(C)(=O)=O)cc1. The molecule has 0 bridgehead atoms. The lowest BCUT2D eigenvalue weighted by Crippen LogP contribution is -2.40. The van der Waals surface area contributed by atoms with Gasteiger partial charge in [0, 0.05) is 6.54 Å². The molecule has 0 aliphatic carbocycles. The normalized spacial score (nSPS) is 12.0. The third kappa shape index (κ3) is 7.32. The van der Waals surface area contributed by atoms with Gasteiger partial charge in [-0.15, -0.1) is 0 Å². The Balaban J connectivity index is 2.14. The summed E-state index contributed by atoms with van der Waals surface area (Å²) in [4.78, 5) is 12.3. The van der Waals surface area contributed by atoms with Crippen LogP contribution in [0.15, 0.2) is 42.5 Å². The van der Waals surface area contributed by atoms with Crippen LogP contribution in [-0.4, -0.2) is 33.2 Å². The quantitative estimate of drug-likeness (QED) is 0.616. The van der Waals surface area contributed by atoms with Gasteiger partial charge in [0.05, 0.1) is 28.6 Å². The molecular formula is C20H22ClF3N2O4S. The van der Waals surface area contributed by atoms with Crippen LogP contribution in [0.25, 0.3) is 0 Å². The van der Waals surface area contributed by atoms with Crippen LogP contribution in [0, 0.1) is 0 Å². The van der Waals surface area contributed by atoms with E-state index in [0.29, 0.717) is 16.1 Å². The predicted octanol–water partition coefficient (Wildman–Crippen LogP) is 4.23. The molecule has 2 aromatic rings. The summed E-state index contributed by atoms with van der Waals surface area (Å²) in [5, 5.41) is 2.32. The van der Waals surface area contributed by atoms with Crippen LogP contribution < -0.4 is 14.4 Å². The van der Waals surface area contributed by atoms with E-state index in [1.165, 1.54) is 0 Å². The van der Waals surface area contributed by atoms with Crippen LogP contribution in [0.5, 0.6) is 5.75 Å². The van der Waals surface area contributed by atoms with Crippen molar-refractivity contribution in [3.63, 3.8) is 0 Å². The van der Waals surface area contributed by atoms with Crippen LogP contribution in [0.3, 0.4) is 0 Å². The van der Waals surface area contributed by atoms with Crippen LogP contribution >= 0.6 is 11.6 Å². The van der Waals surface area contributed by atoms with Crippen molar-refractivity contribution in [2.45, 2.75) is 32.7 Å². The zero-order chi connectivity index (χ0) is 23.4. The highest BCUT2D eigenvalue weighted by Crippen LogP contribution is 2.36. The minimum Gasteiger partial charge on any atom is -0.491 e. The van der Waals surface area contributed by atoms with E-state index in [1.54, 1.807) is 24.3 Å². The fourth-order valence-electron chi connectivity index (χ4n) is 2.61. The van der Waals surface area contributed by atoms with Gasteiger partial charge in [0.1, 0.15) is 12.3 Å². The van der Waals surface area contributed by atoms with Gasteiger partial charge in [-0.1, -0.05) is 23.7 Å². The number of hydrogen-bond donors (Lipinski definition) is 1. The van der Waals surface area contributed by atoms with Gasteiger partial charge in [-0.05, 0) is 49.7 Å². The summed E-state index contributed by atoms with van der Waals surface area (Å²) < 4.78 is 69.5. The molecule has 0 radical (unpaired) electrons. The monoisotopic (exact) mass is 478 g/mol. The fraction of sp³-hybridized carbons (Fsp3) is 0.350. The molecule has 0 atom stereocenters. The van der Waals surface area contributed by atoms with E-state index in [9.17, 15) is 26.4 Å². The first-order chi connectivity index (χ1) is 14.3. The second-order valence-corrected chi connectivity index (χ2v) is 9.33. The summed E-state index contributed by atoms with van der Waals surface area (Å²) in [5.74, 6) is -0.0473. The lowest BCUT2D eigenvalue weighted by Gasteiger charge is -2.24. The van der Waals surface area contributed by atoms with E-state index in [1.807, 2.05) is 13.8 Å². The van der Waals surface area contributed by atoms with E-state index in [4.69, 9.17) is 16.3 Å². The molecule has 0 fully saturated rings. The first-order valence-electron chi connectivity index (χ1n) is 9.14. The number of anilines is 1. The van der Waals surface area contributed by atoms with Crippen molar-refractivity contribution in [2.75, 3.05) is 17.1 Å². The average Bonchev–Trinajstić information content (AvgIpc) is 2.64. The van der Waals surface area contributed by atoms with Crippen molar-refractivity contribution in [3.05, 3.63) is 58.6 Å². The first kappa shape index (κ1) is 24.8. The summed E-state index contributed by atoms with van der Waals surface area (Å²) >= 11 is 5.94. The fourth-order valence-corrected chi connectivity index (χ4v) is 3.74. The number of halogens is 4. The van der Waals surface area contributed by atoms with Crippen molar-refractivity contribution >= 4 is 33.2 Å². The maximum atomic E-state index is 13.0. The lowest BCUT2D eigenvalue weighted by molar-refractivity contribution is -0.137. The Morgan fingerprint density at radius 1 is 1.16 bits per heavy atom. The molecule has 170 valence electrons. The standard InChI is InChI=1S/C20H22ClF3N2O4S/c1-13(2)30-16-7-4-14(5-8-16)11-25-19(27)12-26(31(3,28)29)18-10-15(20(22,23)24)6-9-17(18)21/h4-10,13H,11-12H2,1-3H3,(H,25,27). The average molecular weight is 479 g/mol. The zero-order valence-electron chi connectivity index (χ0n) is 17.0. The zero-order valence-corrected chi connectivity index (χ0v) is 18.6. The third-order valence-corrected chi connectivity index (χ3v) is 5.46. The van der Waals surface area contributed by atoms with Crippen molar-refractivity contribution in [3.8, 4) is 5.75 Å². The Bertz CT molecular complexity index is 1030. The van der Waals surface area contributed by atoms with Crippen LogP contribution in [-0.2, 0) is 27.5 Å². The maximum Gasteiger partial charge on any atom is 0.416 e. The number of nitrogens with zero attached hydrogens (tertiary/aromatic N) is 1. The lowest BCUT2D eigenvalue weighted by atomic mass is 10.2. The number of benzene rings is 2. The van der Waals surface area contributed by atoms with E-state index in [0.717, 1.165) is 24.0 Å². The molecule has 2 rings (SSSR count). The predicted molar refractivity (Wildman–Crippen MR) is 113 cm³/mol. The molecule has 31 heavy (non-hydrogen) atoms. The third-order valence-electron chi connectivity index (χ3n) is 4.01. The molecule has 2 aromatic carbocycles. The van der Waals surface area contributed by atoms with Gasteiger partial charge in [-0.25, -0.2) is 8.42 Å². The molecule has 0 aromatic heterocycles. The van der Waals surface area contributed by atoms with Crippen molar-refractivity contribution in [1.82, 2.24) is 5.32 Å². The van der Waals surface area contributed by atoms with E-state index in [2.05, 4.69) is 5.32 Å². The summed E-state index contributed by atoms with van der Waals surface area (Å²) in [5.41, 5.74) is -0.776. The minimum atomic E-state index is -4.70. The Morgan fingerprint density at radius 2 is 1.77 bits per heavy atom. The van der Waals surface area contributed by atoms with Gasteiger partial charge in [0.15, 0.2) is 0 Å². The molecule has 0 saturated heterocycles. The smallest absolute Gasteiger partial charge is 0.416 e. The van der Waals surface area contributed by atoms with Gasteiger partial charge in [-0.3, -0.25) is 9.10 Å². The molecule has 1 amide bonds. The van der Waals surface area contributed by atoms with Crippen molar-refractivity contribution < 1.29 is 31.1 Å². The number of alkyl halides is 3. The summed E-state index contributed by atoms with van der Waals surface area (Å²) in [7, 11) is -4.09. The Morgan fingerprint density at radius 3 is 2.29 bits per heavy atom. The molecule has 0 unspecified atom stereocenters. The summed E-state index contributed by atoms with van der Waals surface area (Å²) in [6, 6.07) is 9.20. The van der Waals surface area contributed by atoms with E-state index in [-0.39, 0.29) is 17.7 Å². The second-order valence-electron chi connectivity index (χ2n) is 7.02. The molecule has 0 aliphatic rings. The number of sulfonamides is 1. The van der Waals surface area contributed by atoms with Gasteiger partial charge in [-0.2, -0.15) is 13.2 Å². The molecule has 0 spiro atoms. The number of hydrogen-bond acceptors (Lipinski definition) is 4. The largest absolute Gasteiger partial charge is 0.491 e. The Labute approximate surface area is 184 Å².